The van der Waals surface area contributed by atoms with Crippen LogP contribution in [0, 0.1) is 0 Å². The molecule has 3 aromatic carbocycles. The van der Waals surface area contributed by atoms with Crippen molar-refractivity contribution in [1.82, 2.24) is 15.1 Å². The van der Waals surface area contributed by atoms with Gasteiger partial charge in [-0.25, -0.2) is 9.59 Å². The average Bonchev–Trinajstić information content (AvgIpc) is 2.89. The van der Waals surface area contributed by atoms with Gasteiger partial charge in [0, 0.05) is 36.2 Å². The highest BCUT2D eigenvalue weighted by atomic mass is 35.5. The second-order valence-electron chi connectivity index (χ2n) is 9.17. The lowest BCUT2D eigenvalue weighted by Gasteiger charge is -2.37. The number of amides is 3. The first-order valence-corrected chi connectivity index (χ1v) is 12.8. The van der Waals surface area contributed by atoms with Crippen LogP contribution < -0.4 is 10.1 Å². The van der Waals surface area contributed by atoms with E-state index in [4.69, 9.17) is 16.3 Å². The van der Waals surface area contributed by atoms with Crippen LogP contribution in [0.3, 0.4) is 0 Å². The predicted octanol–water partition coefficient (Wildman–Crippen LogP) is 5.24. The highest BCUT2D eigenvalue weighted by Gasteiger charge is 2.37. The van der Waals surface area contributed by atoms with Gasteiger partial charge >= 0.3 is 12.0 Å². The van der Waals surface area contributed by atoms with Crippen LogP contribution in [0.25, 0.3) is 10.8 Å². The van der Waals surface area contributed by atoms with Crippen molar-refractivity contribution in [2.45, 2.75) is 25.8 Å². The Balaban J connectivity index is 1.35. The van der Waals surface area contributed by atoms with Crippen LogP contribution in [0.1, 0.15) is 31.4 Å². The van der Waals surface area contributed by atoms with Crippen molar-refractivity contribution in [3.63, 3.8) is 0 Å². The Morgan fingerprint density at radius 2 is 1.84 bits per heavy atom. The molecule has 0 radical (unpaired) electrons. The van der Waals surface area contributed by atoms with Gasteiger partial charge < -0.3 is 25.0 Å². The molecule has 0 aromatic heterocycles. The first-order chi connectivity index (χ1) is 18.3. The summed E-state index contributed by atoms with van der Waals surface area (Å²) in [6, 6.07) is 19.4. The van der Waals surface area contributed by atoms with Crippen molar-refractivity contribution in [3.8, 4) is 5.75 Å². The summed E-state index contributed by atoms with van der Waals surface area (Å²) in [7, 11) is 1.71. The fourth-order valence-electron chi connectivity index (χ4n) is 4.67. The van der Waals surface area contributed by atoms with Gasteiger partial charge in [-0.3, -0.25) is 4.79 Å². The molecular weight excluding hydrogens is 506 g/mol. The predicted molar refractivity (Wildman–Crippen MR) is 146 cm³/mol. The van der Waals surface area contributed by atoms with E-state index in [0.717, 1.165) is 16.5 Å². The number of aliphatic carboxylic acids is 1. The minimum atomic E-state index is -1.11. The lowest BCUT2D eigenvalue weighted by molar-refractivity contribution is -0.133. The number of carbonyl (C=O) groups excluding carboxylic acids is 2. The van der Waals surface area contributed by atoms with Gasteiger partial charge in [-0.05, 0) is 42.5 Å². The average molecular weight is 536 g/mol. The third kappa shape index (κ3) is 6.08. The van der Waals surface area contributed by atoms with Crippen molar-refractivity contribution >= 4 is 40.3 Å². The molecule has 198 valence electrons. The van der Waals surface area contributed by atoms with Gasteiger partial charge in [-0.15, -0.1) is 0 Å². The maximum Gasteiger partial charge on any atom is 0.335 e. The maximum atomic E-state index is 12.9. The molecule has 9 heteroatoms. The Hall–Kier alpha value is -4.04. The Morgan fingerprint density at radius 1 is 1.11 bits per heavy atom. The Kier molecular flexibility index (Phi) is 8.53. The molecule has 1 unspecified atom stereocenters. The highest BCUT2D eigenvalue weighted by Crippen LogP contribution is 2.34. The molecule has 3 amide bonds. The third-order valence-corrected chi connectivity index (χ3v) is 6.82. The molecule has 0 aliphatic carbocycles. The molecule has 0 fully saturated rings. The quantitative estimate of drug-likeness (QED) is 0.370. The molecule has 4 rings (SSSR count). The molecular formula is C29H30ClN3O5. The summed E-state index contributed by atoms with van der Waals surface area (Å²) >= 11 is 6.17. The molecule has 38 heavy (non-hydrogen) atoms. The van der Waals surface area contributed by atoms with E-state index in [1.807, 2.05) is 42.5 Å². The van der Waals surface area contributed by atoms with Gasteiger partial charge in [0.05, 0.1) is 24.6 Å². The smallest absolute Gasteiger partial charge is 0.335 e. The molecule has 1 aliphatic heterocycles. The first kappa shape index (κ1) is 27.0. The van der Waals surface area contributed by atoms with Gasteiger partial charge in [0.15, 0.2) is 0 Å². The van der Waals surface area contributed by atoms with E-state index in [-0.39, 0.29) is 31.1 Å². The second-order valence-corrected chi connectivity index (χ2v) is 9.61. The minimum Gasteiger partial charge on any atom is -0.492 e. The normalized spacial score (nSPS) is 15.4. The van der Waals surface area contributed by atoms with Gasteiger partial charge in [0.1, 0.15) is 5.75 Å². The molecule has 0 bridgehead atoms. The zero-order chi connectivity index (χ0) is 27.2. The van der Waals surface area contributed by atoms with E-state index in [1.54, 1.807) is 43.1 Å². The van der Waals surface area contributed by atoms with Gasteiger partial charge in [-0.2, -0.15) is 0 Å². The summed E-state index contributed by atoms with van der Waals surface area (Å²) in [6.07, 6.45) is 0.670. The highest BCUT2D eigenvalue weighted by molar-refractivity contribution is 6.30. The third-order valence-electron chi connectivity index (χ3n) is 6.58. The van der Waals surface area contributed by atoms with Crippen molar-refractivity contribution in [3.05, 3.63) is 88.6 Å². The number of fused-ring (bicyclic) bond motifs is 1. The zero-order valence-electron chi connectivity index (χ0n) is 21.3. The first-order valence-electron chi connectivity index (χ1n) is 12.4. The summed E-state index contributed by atoms with van der Waals surface area (Å²) in [4.78, 5) is 40.8. The summed E-state index contributed by atoms with van der Waals surface area (Å²) in [5.74, 6) is -0.461. The van der Waals surface area contributed by atoms with Crippen LogP contribution >= 0.6 is 11.6 Å². The van der Waals surface area contributed by atoms with Crippen molar-refractivity contribution in [1.29, 1.82) is 0 Å². The number of urea groups is 1. The molecule has 1 aliphatic rings. The number of hydrogen-bond acceptors (Lipinski definition) is 4. The molecule has 0 spiro atoms. The monoisotopic (exact) mass is 535 g/mol. The number of halogens is 1. The lowest BCUT2D eigenvalue weighted by Crippen LogP contribution is -2.49. The topological polar surface area (TPSA) is 99.2 Å². The van der Waals surface area contributed by atoms with Crippen LogP contribution in [0.15, 0.2) is 78.0 Å². The Labute approximate surface area is 226 Å². The van der Waals surface area contributed by atoms with Crippen LogP contribution in [0.5, 0.6) is 5.75 Å². The molecule has 1 heterocycles. The Morgan fingerprint density at radius 3 is 2.61 bits per heavy atom. The summed E-state index contributed by atoms with van der Waals surface area (Å²) in [5.41, 5.74) is 0.989. The molecule has 0 saturated carbocycles. The molecule has 3 aromatic rings. The number of carbonyl (C=O) groups is 3. The number of benzene rings is 3. The maximum absolute atomic E-state index is 12.9. The van der Waals surface area contributed by atoms with E-state index in [2.05, 4.69) is 5.32 Å². The van der Waals surface area contributed by atoms with Crippen molar-refractivity contribution < 1.29 is 24.2 Å². The van der Waals surface area contributed by atoms with Crippen LogP contribution in [0.2, 0.25) is 5.02 Å². The zero-order valence-corrected chi connectivity index (χ0v) is 22.1. The number of rotatable bonds is 10. The number of nitrogens with zero attached hydrogens (tertiary/aromatic N) is 2. The fraction of sp³-hybridized carbons (Fsp3) is 0.276. The fourth-order valence-corrected chi connectivity index (χ4v) is 4.87. The minimum absolute atomic E-state index is 0.0818. The van der Waals surface area contributed by atoms with Gasteiger partial charge in [0.2, 0.25) is 5.91 Å². The van der Waals surface area contributed by atoms with Crippen LogP contribution in [-0.4, -0.2) is 59.6 Å². The van der Waals surface area contributed by atoms with Gasteiger partial charge in [0.25, 0.3) is 0 Å². The van der Waals surface area contributed by atoms with Crippen LogP contribution in [-0.2, 0) is 9.59 Å². The standard InChI is InChI=1S/C29H30ClN3O5/c1-19-26(28(35)36)27(21-10-5-11-22(30)18-21)33(29(37)31-19)16-7-15-32(2)25(34)14-17-38-24-13-6-9-20-8-3-4-12-23(20)24/h3-6,8-13,18,27H,7,14-17H2,1-2H3,(H,31,37)(H,35,36). The number of carboxylic acids is 1. The largest absolute Gasteiger partial charge is 0.492 e. The van der Waals surface area contributed by atoms with Crippen molar-refractivity contribution in [2.24, 2.45) is 0 Å². The summed E-state index contributed by atoms with van der Waals surface area (Å²) in [5, 5.41) is 15.1. The van der Waals surface area contributed by atoms with E-state index in [9.17, 15) is 19.5 Å². The number of carboxylic acid groups (broad SMARTS) is 1. The van der Waals surface area contributed by atoms with E-state index in [0.29, 0.717) is 29.2 Å². The van der Waals surface area contributed by atoms with E-state index in [1.165, 1.54) is 4.90 Å². The number of ether oxygens (including phenoxy) is 1. The van der Waals surface area contributed by atoms with Crippen LogP contribution in [0.4, 0.5) is 4.79 Å². The number of hydrogen-bond donors (Lipinski definition) is 2. The number of nitrogens with one attached hydrogen (secondary N) is 1. The molecule has 2 N–H and O–H groups in total. The lowest BCUT2D eigenvalue weighted by atomic mass is 9.93. The second kappa shape index (κ2) is 12.0. The van der Waals surface area contributed by atoms with E-state index >= 15 is 0 Å². The SMILES string of the molecule is CC1=C(C(=O)O)C(c2cccc(Cl)c2)N(CCCN(C)C(=O)CCOc2cccc3ccccc23)C(=O)N1. The van der Waals surface area contributed by atoms with Gasteiger partial charge in [-0.1, -0.05) is 60.1 Å². The van der Waals surface area contributed by atoms with E-state index < -0.39 is 18.0 Å². The molecule has 1 atom stereocenters. The molecule has 8 nitrogen and oxygen atoms in total. The summed E-state index contributed by atoms with van der Waals surface area (Å²) in [6.45, 7) is 2.46. The van der Waals surface area contributed by atoms with Crippen molar-refractivity contribution in [2.75, 3.05) is 26.7 Å². The Bertz CT molecular complexity index is 1380. The number of allylic oxidation sites excluding steroid dienone is 1. The molecule has 0 saturated heterocycles. The summed E-state index contributed by atoms with van der Waals surface area (Å²) < 4.78 is 5.89.